The number of nitrogens with one attached hydrogen (secondary N) is 1. The van der Waals surface area contributed by atoms with Gasteiger partial charge in [0, 0.05) is 12.1 Å². The standard InChI is InChI=1S/C23H33NO/c1-2-3-4-5-6-9-16-25-23-15-14-20-10-7-8-11-21(20)22(23)18-24-17-19-12-13-19/h7-8,10-11,14-15,19,24H,2-6,9,12-13,16-18H2,1H3. The van der Waals surface area contributed by atoms with E-state index in [1.165, 1.54) is 61.3 Å². The van der Waals surface area contributed by atoms with Crippen molar-refractivity contribution in [1.82, 2.24) is 5.32 Å². The third kappa shape index (κ3) is 5.74. The third-order valence-corrected chi connectivity index (χ3v) is 5.18. The first-order chi connectivity index (χ1) is 12.4. The van der Waals surface area contributed by atoms with Gasteiger partial charge in [0.15, 0.2) is 0 Å². The summed E-state index contributed by atoms with van der Waals surface area (Å²) in [5, 5.41) is 6.27. The van der Waals surface area contributed by atoms with Crippen LogP contribution in [0, 0.1) is 5.92 Å². The maximum atomic E-state index is 6.18. The predicted molar refractivity (Wildman–Crippen MR) is 107 cm³/mol. The van der Waals surface area contributed by atoms with Gasteiger partial charge in [0.05, 0.1) is 6.61 Å². The monoisotopic (exact) mass is 339 g/mol. The molecule has 0 radical (unpaired) electrons. The fraction of sp³-hybridized carbons (Fsp3) is 0.565. The Morgan fingerprint density at radius 1 is 0.960 bits per heavy atom. The van der Waals surface area contributed by atoms with Crippen LogP contribution in [0.5, 0.6) is 5.75 Å². The molecule has 0 heterocycles. The highest BCUT2D eigenvalue weighted by atomic mass is 16.5. The van der Waals surface area contributed by atoms with E-state index in [0.717, 1.165) is 37.8 Å². The fourth-order valence-corrected chi connectivity index (χ4v) is 3.42. The van der Waals surface area contributed by atoms with Crippen LogP contribution in [0.4, 0.5) is 0 Å². The number of ether oxygens (including phenoxy) is 1. The van der Waals surface area contributed by atoms with Gasteiger partial charge in [0.1, 0.15) is 5.75 Å². The minimum Gasteiger partial charge on any atom is -0.493 e. The molecule has 25 heavy (non-hydrogen) atoms. The average Bonchev–Trinajstić information content (AvgIpc) is 3.46. The quantitative estimate of drug-likeness (QED) is 0.473. The molecule has 0 aromatic heterocycles. The lowest BCUT2D eigenvalue weighted by Gasteiger charge is -2.15. The Hall–Kier alpha value is -1.54. The van der Waals surface area contributed by atoms with E-state index in [1.54, 1.807) is 0 Å². The normalized spacial score (nSPS) is 14.1. The Morgan fingerprint density at radius 3 is 2.60 bits per heavy atom. The molecule has 2 aromatic rings. The predicted octanol–water partition coefficient (Wildman–Crippen LogP) is 6.08. The topological polar surface area (TPSA) is 21.3 Å². The first-order valence-electron chi connectivity index (χ1n) is 10.2. The molecule has 1 aliphatic carbocycles. The van der Waals surface area contributed by atoms with E-state index in [9.17, 15) is 0 Å². The molecule has 1 N–H and O–H groups in total. The SMILES string of the molecule is CCCCCCCCOc1ccc2ccccc2c1CNCC1CC1. The summed E-state index contributed by atoms with van der Waals surface area (Å²) in [5.74, 6) is 1.97. The van der Waals surface area contributed by atoms with Gasteiger partial charge >= 0.3 is 0 Å². The molecule has 3 rings (SSSR count). The summed E-state index contributed by atoms with van der Waals surface area (Å²) in [6.07, 6.45) is 10.6. The Kier molecular flexibility index (Phi) is 7.17. The maximum absolute atomic E-state index is 6.18. The van der Waals surface area contributed by atoms with Crippen molar-refractivity contribution in [3.8, 4) is 5.75 Å². The summed E-state index contributed by atoms with van der Waals surface area (Å²) in [6, 6.07) is 13.0. The highest BCUT2D eigenvalue weighted by Gasteiger charge is 2.20. The zero-order chi connectivity index (χ0) is 17.3. The molecule has 1 aliphatic rings. The van der Waals surface area contributed by atoms with Crippen molar-refractivity contribution in [1.29, 1.82) is 0 Å². The lowest BCUT2D eigenvalue weighted by molar-refractivity contribution is 0.301. The maximum Gasteiger partial charge on any atom is 0.124 e. The zero-order valence-electron chi connectivity index (χ0n) is 15.7. The number of unbranched alkanes of at least 4 members (excludes halogenated alkanes) is 5. The van der Waals surface area contributed by atoms with Crippen molar-refractivity contribution in [2.45, 2.75) is 64.8 Å². The van der Waals surface area contributed by atoms with Crippen LogP contribution >= 0.6 is 0 Å². The van der Waals surface area contributed by atoms with Crippen LogP contribution in [0.2, 0.25) is 0 Å². The molecule has 0 unspecified atom stereocenters. The molecule has 0 bridgehead atoms. The zero-order valence-corrected chi connectivity index (χ0v) is 15.7. The van der Waals surface area contributed by atoms with Crippen molar-refractivity contribution in [2.24, 2.45) is 5.92 Å². The van der Waals surface area contributed by atoms with E-state index < -0.39 is 0 Å². The van der Waals surface area contributed by atoms with Gasteiger partial charge in [-0.2, -0.15) is 0 Å². The molecule has 0 amide bonds. The number of benzene rings is 2. The minimum absolute atomic E-state index is 0.833. The summed E-state index contributed by atoms with van der Waals surface area (Å²) in [5.41, 5.74) is 1.32. The Morgan fingerprint density at radius 2 is 1.76 bits per heavy atom. The summed E-state index contributed by atoms with van der Waals surface area (Å²) in [7, 11) is 0. The number of hydrogen-bond donors (Lipinski definition) is 1. The summed E-state index contributed by atoms with van der Waals surface area (Å²) >= 11 is 0. The summed E-state index contributed by atoms with van der Waals surface area (Å²) in [6.45, 7) is 5.14. The highest BCUT2D eigenvalue weighted by molar-refractivity contribution is 5.87. The second-order valence-electron chi connectivity index (χ2n) is 7.45. The van der Waals surface area contributed by atoms with Gasteiger partial charge in [0.25, 0.3) is 0 Å². The average molecular weight is 340 g/mol. The van der Waals surface area contributed by atoms with E-state index in [1.807, 2.05) is 0 Å². The lowest BCUT2D eigenvalue weighted by atomic mass is 10.0. The van der Waals surface area contributed by atoms with Gasteiger partial charge in [-0.3, -0.25) is 0 Å². The van der Waals surface area contributed by atoms with Crippen LogP contribution in [-0.2, 0) is 6.54 Å². The molecule has 0 spiro atoms. The molecule has 2 heteroatoms. The molecule has 2 nitrogen and oxygen atoms in total. The minimum atomic E-state index is 0.833. The van der Waals surface area contributed by atoms with Crippen LogP contribution in [0.25, 0.3) is 10.8 Å². The second-order valence-corrected chi connectivity index (χ2v) is 7.45. The molecule has 1 fully saturated rings. The van der Waals surface area contributed by atoms with E-state index in [-0.39, 0.29) is 0 Å². The van der Waals surface area contributed by atoms with Crippen molar-refractivity contribution >= 4 is 10.8 Å². The van der Waals surface area contributed by atoms with E-state index >= 15 is 0 Å². The molecule has 136 valence electrons. The van der Waals surface area contributed by atoms with Gasteiger partial charge in [-0.25, -0.2) is 0 Å². The van der Waals surface area contributed by atoms with Gasteiger partial charge in [0.2, 0.25) is 0 Å². The van der Waals surface area contributed by atoms with Crippen molar-refractivity contribution in [3.05, 3.63) is 42.0 Å². The van der Waals surface area contributed by atoms with E-state index in [0.29, 0.717) is 0 Å². The lowest BCUT2D eigenvalue weighted by Crippen LogP contribution is -2.17. The van der Waals surface area contributed by atoms with Crippen LogP contribution < -0.4 is 10.1 Å². The number of rotatable bonds is 12. The Bertz CT molecular complexity index is 648. The second kappa shape index (κ2) is 9.82. The molecule has 1 saturated carbocycles. The van der Waals surface area contributed by atoms with Crippen molar-refractivity contribution in [2.75, 3.05) is 13.2 Å². The summed E-state index contributed by atoms with van der Waals surface area (Å²) < 4.78 is 6.18. The van der Waals surface area contributed by atoms with Crippen LogP contribution in [0.15, 0.2) is 36.4 Å². The molecule has 0 saturated heterocycles. The van der Waals surface area contributed by atoms with Crippen molar-refractivity contribution < 1.29 is 4.74 Å². The van der Waals surface area contributed by atoms with Crippen LogP contribution in [-0.4, -0.2) is 13.2 Å². The third-order valence-electron chi connectivity index (χ3n) is 5.18. The first kappa shape index (κ1) is 18.3. The first-order valence-corrected chi connectivity index (χ1v) is 10.2. The largest absolute Gasteiger partial charge is 0.493 e. The van der Waals surface area contributed by atoms with Gasteiger partial charge in [-0.15, -0.1) is 0 Å². The Balaban J connectivity index is 1.57. The molecule has 0 aliphatic heterocycles. The van der Waals surface area contributed by atoms with Crippen molar-refractivity contribution in [3.63, 3.8) is 0 Å². The van der Waals surface area contributed by atoms with Gasteiger partial charge in [-0.1, -0.05) is 69.4 Å². The van der Waals surface area contributed by atoms with Gasteiger partial charge < -0.3 is 10.1 Å². The van der Waals surface area contributed by atoms with Crippen LogP contribution in [0.1, 0.15) is 63.9 Å². The fourth-order valence-electron chi connectivity index (χ4n) is 3.42. The van der Waals surface area contributed by atoms with Gasteiger partial charge in [-0.05, 0) is 48.6 Å². The number of hydrogen-bond acceptors (Lipinski definition) is 2. The summed E-state index contributed by atoms with van der Waals surface area (Å²) in [4.78, 5) is 0. The van der Waals surface area contributed by atoms with Crippen LogP contribution in [0.3, 0.4) is 0 Å². The van der Waals surface area contributed by atoms with E-state index in [2.05, 4.69) is 48.6 Å². The number of fused-ring (bicyclic) bond motifs is 1. The molecule has 0 atom stereocenters. The molecule has 2 aromatic carbocycles. The smallest absolute Gasteiger partial charge is 0.124 e. The highest BCUT2D eigenvalue weighted by Crippen LogP contribution is 2.30. The molecular weight excluding hydrogens is 306 g/mol. The van der Waals surface area contributed by atoms with E-state index in [4.69, 9.17) is 4.74 Å². The Labute approximate surface area is 153 Å². The molecular formula is C23H33NO.